The van der Waals surface area contributed by atoms with E-state index in [0.717, 1.165) is 38.8 Å². The first kappa shape index (κ1) is 35.1. The Kier molecular flexibility index (Phi) is 8.53. The molecule has 0 atom stereocenters. The third-order valence-corrected chi connectivity index (χ3v) is 12.6. The smallest absolute Gasteiger partial charge is 0.235 e. The molecule has 280 valence electrons. The van der Waals surface area contributed by atoms with Crippen LogP contribution in [0.25, 0.3) is 114 Å². The average molecular weight is 774 g/mol. The second-order valence-electron chi connectivity index (χ2n) is 15.2. The maximum Gasteiger partial charge on any atom is 0.235 e. The molecule has 0 spiro atoms. The lowest BCUT2D eigenvalue weighted by Crippen LogP contribution is -2.04. The molecule has 9 aromatic carbocycles. The van der Waals surface area contributed by atoms with Gasteiger partial charge in [-0.2, -0.15) is 0 Å². The Balaban J connectivity index is 0.00000129. The number of aromatic nitrogens is 3. The van der Waals surface area contributed by atoms with Gasteiger partial charge in [0.05, 0.1) is 22.2 Å². The van der Waals surface area contributed by atoms with E-state index in [-0.39, 0.29) is 0 Å². The fraction of sp³-hybridized carbons (Fsp3) is 0.0545. The van der Waals surface area contributed by atoms with Crippen LogP contribution >= 0.6 is 11.3 Å². The summed E-state index contributed by atoms with van der Waals surface area (Å²) < 4.78 is 4.90. The minimum atomic E-state index is 0.655. The summed E-state index contributed by atoms with van der Waals surface area (Å²) in [5.41, 5.74) is 9.84. The molecule has 0 aliphatic carbocycles. The minimum Gasteiger partial charge on any atom is -0.277 e. The van der Waals surface area contributed by atoms with E-state index >= 15 is 0 Å². The van der Waals surface area contributed by atoms with E-state index in [4.69, 9.17) is 9.97 Å². The van der Waals surface area contributed by atoms with E-state index in [1.54, 1.807) is 0 Å². The highest BCUT2D eigenvalue weighted by atomic mass is 32.1. The van der Waals surface area contributed by atoms with Gasteiger partial charge < -0.3 is 0 Å². The van der Waals surface area contributed by atoms with Crippen LogP contribution < -0.4 is 0 Å². The van der Waals surface area contributed by atoms with Crippen LogP contribution in [0.2, 0.25) is 0 Å². The van der Waals surface area contributed by atoms with E-state index in [0.29, 0.717) is 5.95 Å². The van der Waals surface area contributed by atoms with Crippen LogP contribution in [0.15, 0.2) is 188 Å². The van der Waals surface area contributed by atoms with Gasteiger partial charge in [0, 0.05) is 47.5 Å². The number of fused-ring (bicyclic) bond motifs is 10. The Morgan fingerprint density at radius 1 is 0.424 bits per heavy atom. The fourth-order valence-electron chi connectivity index (χ4n) is 8.93. The van der Waals surface area contributed by atoms with Gasteiger partial charge >= 0.3 is 0 Å². The summed E-state index contributed by atoms with van der Waals surface area (Å²) in [6.45, 7) is 4.25. The van der Waals surface area contributed by atoms with Crippen molar-refractivity contribution in [3.05, 3.63) is 188 Å². The minimum absolute atomic E-state index is 0.655. The van der Waals surface area contributed by atoms with Gasteiger partial charge in [0.15, 0.2) is 0 Å². The molecule has 12 aromatic rings. The summed E-state index contributed by atoms with van der Waals surface area (Å²) >= 11 is 1.85. The molecule has 0 aliphatic rings. The third-order valence-electron chi connectivity index (χ3n) is 11.4. The predicted octanol–water partition coefficient (Wildman–Crippen LogP) is 15.8. The van der Waals surface area contributed by atoms with Crippen LogP contribution in [0.4, 0.5) is 0 Å². The highest BCUT2D eigenvalue weighted by molar-refractivity contribution is 7.25. The number of nitrogens with zero attached hydrogens (tertiary/aromatic N) is 3. The predicted molar refractivity (Wildman–Crippen MR) is 254 cm³/mol. The highest BCUT2D eigenvalue weighted by Crippen LogP contribution is 2.45. The summed E-state index contributed by atoms with van der Waals surface area (Å²) in [5, 5.41) is 10.9. The van der Waals surface area contributed by atoms with Crippen LogP contribution in [-0.4, -0.2) is 14.5 Å². The molecular weight excluding hydrogens is 735 g/mol. The molecule has 3 nitrogen and oxygen atoms in total. The topological polar surface area (TPSA) is 30.7 Å². The second-order valence-corrected chi connectivity index (χ2v) is 16.3. The maximum atomic E-state index is 5.54. The molecule has 0 fully saturated rings. The molecule has 3 aromatic heterocycles. The van der Waals surface area contributed by atoms with Gasteiger partial charge in [-0.25, -0.2) is 9.97 Å². The van der Waals surface area contributed by atoms with Crippen molar-refractivity contribution in [2.45, 2.75) is 20.3 Å². The first-order valence-electron chi connectivity index (χ1n) is 20.4. The summed E-state index contributed by atoms with van der Waals surface area (Å²) in [4.78, 5) is 10.9. The van der Waals surface area contributed by atoms with Crippen LogP contribution in [-0.2, 0) is 0 Å². The Bertz CT molecular complexity index is 3550. The lowest BCUT2D eigenvalue weighted by Gasteiger charge is -2.14. The number of rotatable bonds is 4. The lowest BCUT2D eigenvalue weighted by molar-refractivity contribution is 1.01. The van der Waals surface area contributed by atoms with E-state index in [1.807, 2.05) is 11.3 Å². The largest absolute Gasteiger partial charge is 0.277 e. The molecule has 0 bridgehead atoms. The number of hydrogen-bond donors (Lipinski definition) is 0. The van der Waals surface area contributed by atoms with Crippen molar-refractivity contribution in [2.75, 3.05) is 0 Å². The van der Waals surface area contributed by atoms with Crippen molar-refractivity contribution < 1.29 is 0 Å². The first-order valence-corrected chi connectivity index (χ1v) is 21.2. The van der Waals surface area contributed by atoms with Gasteiger partial charge in [0.2, 0.25) is 5.95 Å². The van der Waals surface area contributed by atoms with Crippen LogP contribution in [0, 0.1) is 0 Å². The molecule has 3 heterocycles. The molecule has 12 rings (SSSR count). The lowest BCUT2D eigenvalue weighted by atomic mass is 9.96. The van der Waals surface area contributed by atoms with Gasteiger partial charge in [0.25, 0.3) is 0 Å². The van der Waals surface area contributed by atoms with Crippen molar-refractivity contribution in [3.63, 3.8) is 0 Å². The van der Waals surface area contributed by atoms with Gasteiger partial charge in [-0.3, -0.25) is 4.57 Å². The first-order chi connectivity index (χ1) is 29.2. The summed E-state index contributed by atoms with van der Waals surface area (Å²) in [7, 11) is 0. The number of para-hydroxylation sites is 2. The van der Waals surface area contributed by atoms with Crippen molar-refractivity contribution in [3.8, 4) is 39.5 Å². The van der Waals surface area contributed by atoms with Gasteiger partial charge in [-0.15, -0.1) is 11.3 Å². The number of hydrogen-bond acceptors (Lipinski definition) is 3. The van der Waals surface area contributed by atoms with Crippen molar-refractivity contribution >= 4 is 85.8 Å². The van der Waals surface area contributed by atoms with Crippen molar-refractivity contribution in [2.24, 2.45) is 0 Å². The van der Waals surface area contributed by atoms with Gasteiger partial charge in [-0.1, -0.05) is 184 Å². The van der Waals surface area contributed by atoms with Gasteiger partial charge in [-0.05, 0) is 62.5 Å². The zero-order valence-electron chi connectivity index (χ0n) is 32.9. The zero-order chi connectivity index (χ0) is 39.5. The SMILES string of the molecule is CCC.c1ccc2c(-c3ccc(-c4nc(-n5c6ccc7ccccc7c6c6cccc(-c7cccc8sc9ccccc9c78)c65)nc5ccccc45)cc3)cccc2c1. The quantitative estimate of drug-likeness (QED) is 0.178. The van der Waals surface area contributed by atoms with Crippen molar-refractivity contribution in [1.82, 2.24) is 14.5 Å². The van der Waals surface area contributed by atoms with E-state index < -0.39 is 0 Å². The molecule has 0 N–H and O–H groups in total. The molecule has 0 saturated carbocycles. The monoisotopic (exact) mass is 773 g/mol. The normalized spacial score (nSPS) is 11.6. The van der Waals surface area contributed by atoms with E-state index in [9.17, 15) is 0 Å². The average Bonchev–Trinajstić information content (AvgIpc) is 3.85. The van der Waals surface area contributed by atoms with Crippen molar-refractivity contribution in [1.29, 1.82) is 0 Å². The zero-order valence-corrected chi connectivity index (χ0v) is 33.7. The molecule has 0 aliphatic heterocycles. The third kappa shape index (κ3) is 5.71. The number of benzene rings is 9. The summed E-state index contributed by atoms with van der Waals surface area (Å²) in [6.07, 6.45) is 1.25. The molecule has 0 unspecified atom stereocenters. The molecule has 59 heavy (non-hydrogen) atoms. The summed E-state index contributed by atoms with van der Waals surface area (Å²) in [5.74, 6) is 0.655. The molecule has 0 amide bonds. The standard InChI is InChI=1S/C52H31N3S.C3H8/c1-3-15-36-32(12-1)14-9-19-37(36)34-26-28-35(29-27-34)50-41-17-5-7-23-44(41)53-52(54-50)55-45-31-30-33-13-2-4-16-38(33)48(45)43-22-10-21-40(51(43)55)39-20-11-25-47-49(39)42-18-6-8-24-46(42)56-47;1-3-2/h1-31H;3H2,1-2H3. The Morgan fingerprint density at radius 2 is 1.00 bits per heavy atom. The highest BCUT2D eigenvalue weighted by Gasteiger charge is 2.23. The van der Waals surface area contributed by atoms with Crippen LogP contribution in [0.1, 0.15) is 20.3 Å². The Labute approximate surface area is 346 Å². The molecule has 4 heteroatoms. The number of thiophene rings is 1. The molecular formula is C55H39N3S. The van der Waals surface area contributed by atoms with E-state index in [1.165, 1.54) is 75.6 Å². The maximum absolute atomic E-state index is 5.54. The Hall–Kier alpha value is -7.14. The second kappa shape index (κ2) is 14.4. The molecule has 0 saturated heterocycles. The Morgan fingerprint density at radius 3 is 1.83 bits per heavy atom. The summed E-state index contributed by atoms with van der Waals surface area (Å²) in [6, 6.07) is 67.8. The fourth-order valence-corrected chi connectivity index (χ4v) is 10.1. The molecule has 0 radical (unpaired) electrons. The van der Waals surface area contributed by atoms with E-state index in [2.05, 4.69) is 206 Å². The van der Waals surface area contributed by atoms with Gasteiger partial charge in [0.1, 0.15) is 0 Å². The van der Waals surface area contributed by atoms with Crippen LogP contribution in [0.3, 0.4) is 0 Å². The van der Waals surface area contributed by atoms with Crippen LogP contribution in [0.5, 0.6) is 0 Å².